The van der Waals surface area contributed by atoms with Crippen LogP contribution in [0.15, 0.2) is 24.4 Å². The Kier molecular flexibility index (Phi) is 3.45. The minimum absolute atomic E-state index is 0.308. The average molecular weight is 254 g/mol. The van der Waals surface area contributed by atoms with Crippen LogP contribution in [0.1, 0.15) is 11.3 Å². The number of aryl methyl sites for hydroxylation is 1. The number of nitrogens with zero attached hydrogens (tertiary/aromatic N) is 2. The SMILES string of the molecule is CNCc1cccc(F)c1-n1cc(Cl)c(C)n1. The Morgan fingerprint density at radius 3 is 2.82 bits per heavy atom. The second-order valence-corrected chi connectivity index (χ2v) is 4.19. The standard InChI is InChI=1S/C12H13ClFN3/c1-8-10(13)7-17(16-8)12-9(6-15-2)4-3-5-11(12)14/h3-5,7,15H,6H2,1-2H3. The first kappa shape index (κ1) is 12.1. The van der Waals surface area contributed by atoms with Crippen LogP contribution in [-0.4, -0.2) is 16.8 Å². The van der Waals surface area contributed by atoms with Crippen LogP contribution in [0.5, 0.6) is 0 Å². The van der Waals surface area contributed by atoms with E-state index in [2.05, 4.69) is 10.4 Å². The van der Waals surface area contributed by atoms with E-state index in [1.807, 2.05) is 13.1 Å². The van der Waals surface area contributed by atoms with E-state index in [0.29, 0.717) is 22.9 Å². The van der Waals surface area contributed by atoms with Gasteiger partial charge in [0.1, 0.15) is 11.5 Å². The molecule has 0 spiro atoms. The Hall–Kier alpha value is -1.39. The molecule has 17 heavy (non-hydrogen) atoms. The fourth-order valence-corrected chi connectivity index (χ4v) is 1.83. The minimum Gasteiger partial charge on any atom is -0.316 e. The lowest BCUT2D eigenvalue weighted by Crippen LogP contribution is -2.11. The Balaban J connectivity index is 2.56. The van der Waals surface area contributed by atoms with Crippen molar-refractivity contribution in [1.29, 1.82) is 0 Å². The number of hydrogen-bond acceptors (Lipinski definition) is 2. The van der Waals surface area contributed by atoms with E-state index in [0.717, 1.165) is 5.56 Å². The highest BCUT2D eigenvalue weighted by Gasteiger charge is 2.12. The molecule has 1 aromatic carbocycles. The molecule has 0 atom stereocenters. The maximum Gasteiger partial charge on any atom is 0.149 e. The van der Waals surface area contributed by atoms with Gasteiger partial charge in [-0.2, -0.15) is 5.10 Å². The van der Waals surface area contributed by atoms with Crippen molar-refractivity contribution in [2.24, 2.45) is 0 Å². The maximum atomic E-state index is 13.9. The summed E-state index contributed by atoms with van der Waals surface area (Å²) in [5.74, 6) is -0.308. The summed E-state index contributed by atoms with van der Waals surface area (Å²) in [7, 11) is 1.82. The highest BCUT2D eigenvalue weighted by Crippen LogP contribution is 2.21. The van der Waals surface area contributed by atoms with Crippen molar-refractivity contribution in [3.8, 4) is 5.69 Å². The number of rotatable bonds is 3. The molecule has 0 radical (unpaired) electrons. The van der Waals surface area contributed by atoms with Gasteiger partial charge >= 0.3 is 0 Å². The minimum atomic E-state index is -0.308. The molecule has 1 heterocycles. The van der Waals surface area contributed by atoms with Crippen LogP contribution in [0.4, 0.5) is 4.39 Å². The van der Waals surface area contributed by atoms with Crippen molar-refractivity contribution < 1.29 is 4.39 Å². The van der Waals surface area contributed by atoms with E-state index in [-0.39, 0.29) is 5.82 Å². The summed E-state index contributed by atoms with van der Waals surface area (Å²) in [6, 6.07) is 4.96. The summed E-state index contributed by atoms with van der Waals surface area (Å²) >= 11 is 5.94. The van der Waals surface area contributed by atoms with E-state index in [9.17, 15) is 4.39 Å². The molecule has 0 unspecified atom stereocenters. The third-order valence-electron chi connectivity index (χ3n) is 2.51. The molecular weight excluding hydrogens is 241 g/mol. The predicted molar refractivity (Wildman–Crippen MR) is 66.0 cm³/mol. The van der Waals surface area contributed by atoms with Crippen LogP contribution < -0.4 is 5.32 Å². The number of halogens is 2. The molecular formula is C12H13ClFN3. The molecule has 0 aliphatic heterocycles. The lowest BCUT2D eigenvalue weighted by molar-refractivity contribution is 0.604. The predicted octanol–water partition coefficient (Wildman–Crippen LogP) is 2.69. The molecule has 0 saturated heterocycles. The molecule has 2 aromatic rings. The normalized spacial score (nSPS) is 10.8. The highest BCUT2D eigenvalue weighted by atomic mass is 35.5. The first-order chi connectivity index (χ1) is 8.13. The topological polar surface area (TPSA) is 29.9 Å². The van der Waals surface area contributed by atoms with Gasteiger partial charge in [0, 0.05) is 12.7 Å². The number of nitrogens with one attached hydrogen (secondary N) is 1. The molecule has 0 bridgehead atoms. The first-order valence-electron chi connectivity index (χ1n) is 5.27. The molecule has 0 saturated carbocycles. The molecule has 1 aromatic heterocycles. The van der Waals surface area contributed by atoms with Gasteiger partial charge in [-0.3, -0.25) is 0 Å². The van der Waals surface area contributed by atoms with Gasteiger partial charge in [-0.15, -0.1) is 0 Å². The third kappa shape index (κ3) is 2.33. The van der Waals surface area contributed by atoms with Crippen molar-refractivity contribution in [3.63, 3.8) is 0 Å². The molecule has 0 aliphatic rings. The number of benzene rings is 1. The zero-order valence-corrected chi connectivity index (χ0v) is 10.4. The van der Waals surface area contributed by atoms with E-state index in [4.69, 9.17) is 11.6 Å². The zero-order valence-electron chi connectivity index (χ0n) is 9.67. The van der Waals surface area contributed by atoms with Gasteiger partial charge in [-0.25, -0.2) is 9.07 Å². The smallest absolute Gasteiger partial charge is 0.149 e. The average Bonchev–Trinajstić information content (AvgIpc) is 2.59. The van der Waals surface area contributed by atoms with Crippen molar-refractivity contribution >= 4 is 11.6 Å². The van der Waals surface area contributed by atoms with Gasteiger partial charge in [-0.1, -0.05) is 23.7 Å². The van der Waals surface area contributed by atoms with Crippen LogP contribution in [0.3, 0.4) is 0 Å². The van der Waals surface area contributed by atoms with Crippen molar-refractivity contribution in [1.82, 2.24) is 15.1 Å². The van der Waals surface area contributed by atoms with Crippen LogP contribution in [-0.2, 0) is 6.54 Å². The van der Waals surface area contributed by atoms with Crippen molar-refractivity contribution in [2.75, 3.05) is 7.05 Å². The lowest BCUT2D eigenvalue weighted by atomic mass is 10.1. The van der Waals surface area contributed by atoms with Gasteiger partial charge in [-0.05, 0) is 25.6 Å². The van der Waals surface area contributed by atoms with E-state index in [1.165, 1.54) is 10.7 Å². The third-order valence-corrected chi connectivity index (χ3v) is 2.88. The summed E-state index contributed by atoms with van der Waals surface area (Å²) in [6.45, 7) is 2.36. The summed E-state index contributed by atoms with van der Waals surface area (Å²) in [4.78, 5) is 0. The largest absolute Gasteiger partial charge is 0.316 e. The molecule has 5 heteroatoms. The number of para-hydroxylation sites is 1. The molecule has 1 N–H and O–H groups in total. The Bertz CT molecular complexity index is 517. The molecule has 90 valence electrons. The fourth-order valence-electron chi connectivity index (χ4n) is 1.70. The Morgan fingerprint density at radius 1 is 1.47 bits per heavy atom. The van der Waals surface area contributed by atoms with E-state index < -0.39 is 0 Å². The van der Waals surface area contributed by atoms with Gasteiger partial charge in [0.05, 0.1) is 10.7 Å². The van der Waals surface area contributed by atoms with Crippen molar-refractivity contribution in [3.05, 3.63) is 46.5 Å². The molecule has 3 nitrogen and oxygen atoms in total. The van der Waals surface area contributed by atoms with Crippen LogP contribution in [0, 0.1) is 12.7 Å². The maximum absolute atomic E-state index is 13.9. The Morgan fingerprint density at radius 2 is 2.24 bits per heavy atom. The number of aromatic nitrogens is 2. The summed E-state index contributed by atoms with van der Waals surface area (Å²) in [5, 5.41) is 7.73. The second-order valence-electron chi connectivity index (χ2n) is 3.78. The molecule has 0 amide bonds. The zero-order chi connectivity index (χ0) is 12.4. The van der Waals surface area contributed by atoms with Crippen LogP contribution in [0.2, 0.25) is 5.02 Å². The quantitative estimate of drug-likeness (QED) is 0.912. The number of hydrogen-bond donors (Lipinski definition) is 1. The molecule has 0 aliphatic carbocycles. The van der Waals surface area contributed by atoms with E-state index >= 15 is 0 Å². The van der Waals surface area contributed by atoms with Gasteiger partial charge in [0.2, 0.25) is 0 Å². The highest BCUT2D eigenvalue weighted by molar-refractivity contribution is 6.31. The Labute approximate surface area is 104 Å². The van der Waals surface area contributed by atoms with Gasteiger partial charge in [0.25, 0.3) is 0 Å². The van der Waals surface area contributed by atoms with Crippen LogP contribution in [0.25, 0.3) is 5.69 Å². The van der Waals surface area contributed by atoms with Crippen LogP contribution >= 0.6 is 11.6 Å². The molecule has 2 rings (SSSR count). The first-order valence-corrected chi connectivity index (χ1v) is 5.65. The summed E-state index contributed by atoms with van der Waals surface area (Å²) in [5.41, 5.74) is 1.97. The fraction of sp³-hybridized carbons (Fsp3) is 0.250. The van der Waals surface area contributed by atoms with Gasteiger partial charge in [0.15, 0.2) is 0 Å². The van der Waals surface area contributed by atoms with Gasteiger partial charge < -0.3 is 5.32 Å². The molecule has 0 fully saturated rings. The summed E-state index contributed by atoms with van der Waals surface area (Å²) in [6.07, 6.45) is 1.62. The second kappa shape index (κ2) is 4.85. The van der Waals surface area contributed by atoms with E-state index in [1.54, 1.807) is 19.2 Å². The summed E-state index contributed by atoms with van der Waals surface area (Å²) < 4.78 is 15.4. The van der Waals surface area contributed by atoms with Crippen molar-refractivity contribution in [2.45, 2.75) is 13.5 Å². The lowest BCUT2D eigenvalue weighted by Gasteiger charge is -2.10. The monoisotopic (exact) mass is 253 g/mol.